The van der Waals surface area contributed by atoms with Crippen molar-refractivity contribution in [1.29, 1.82) is 0 Å². The third-order valence-corrected chi connectivity index (χ3v) is 5.38. The molecule has 2 aromatic carbocycles. The van der Waals surface area contributed by atoms with Crippen LogP contribution >= 0.6 is 0 Å². The summed E-state index contributed by atoms with van der Waals surface area (Å²) < 4.78 is 11.4. The predicted molar refractivity (Wildman–Crippen MR) is 115 cm³/mol. The lowest BCUT2D eigenvalue weighted by Gasteiger charge is -2.37. The number of hydrogen-bond acceptors (Lipinski definition) is 4. The molecule has 0 aromatic heterocycles. The molecule has 6 heteroatoms. The maximum atomic E-state index is 13.0. The molecule has 2 amide bonds. The summed E-state index contributed by atoms with van der Waals surface area (Å²) in [6.07, 6.45) is 0.581. The van der Waals surface area contributed by atoms with Crippen molar-refractivity contribution in [3.05, 3.63) is 65.7 Å². The molecule has 0 bridgehead atoms. The van der Waals surface area contributed by atoms with Crippen molar-refractivity contribution in [2.45, 2.75) is 64.3 Å². The van der Waals surface area contributed by atoms with Crippen LogP contribution in [0.15, 0.2) is 54.6 Å². The number of nitrogens with two attached hydrogens (primary N) is 1. The van der Waals surface area contributed by atoms with Crippen LogP contribution in [0.1, 0.15) is 57.7 Å². The molecule has 1 aliphatic rings. The van der Waals surface area contributed by atoms with E-state index in [1.165, 1.54) is 4.90 Å². The Balaban J connectivity index is 1.78. The highest BCUT2D eigenvalue weighted by molar-refractivity contribution is 5.89. The van der Waals surface area contributed by atoms with Gasteiger partial charge in [0.2, 0.25) is 5.91 Å². The number of nitrogens with zero attached hydrogens (tertiary/aromatic N) is 1. The molecule has 0 radical (unpaired) electrons. The number of amides is 2. The molecular formula is C24H30N2O4. The fourth-order valence-electron chi connectivity index (χ4n) is 3.74. The molecule has 2 aromatic rings. The summed E-state index contributed by atoms with van der Waals surface area (Å²) in [6, 6.07) is 17.3. The van der Waals surface area contributed by atoms with Gasteiger partial charge in [-0.15, -0.1) is 0 Å². The van der Waals surface area contributed by atoms with Crippen LogP contribution in [-0.2, 0) is 16.1 Å². The van der Waals surface area contributed by atoms with Gasteiger partial charge in [0, 0.05) is 0 Å². The number of carbonyl (C=O) groups is 2. The van der Waals surface area contributed by atoms with Crippen molar-refractivity contribution < 1.29 is 19.1 Å². The van der Waals surface area contributed by atoms with Gasteiger partial charge in [-0.3, -0.25) is 9.69 Å². The van der Waals surface area contributed by atoms with Crippen molar-refractivity contribution in [3.63, 3.8) is 0 Å². The molecular weight excluding hydrogens is 380 g/mol. The second kappa shape index (κ2) is 8.38. The number of benzene rings is 2. The van der Waals surface area contributed by atoms with E-state index in [-0.39, 0.29) is 6.04 Å². The van der Waals surface area contributed by atoms with E-state index in [1.54, 1.807) is 27.7 Å². The summed E-state index contributed by atoms with van der Waals surface area (Å²) in [6.45, 7) is 7.59. The van der Waals surface area contributed by atoms with Crippen LogP contribution < -0.4 is 10.5 Å². The van der Waals surface area contributed by atoms with Crippen molar-refractivity contribution >= 4 is 12.0 Å². The average molecular weight is 411 g/mol. The fraction of sp³-hybridized carbons (Fsp3) is 0.417. The lowest BCUT2D eigenvalue weighted by atomic mass is 9.98. The van der Waals surface area contributed by atoms with Gasteiger partial charge in [-0.05, 0) is 63.8 Å². The molecule has 0 saturated carbocycles. The zero-order valence-corrected chi connectivity index (χ0v) is 18.1. The van der Waals surface area contributed by atoms with E-state index < -0.39 is 23.1 Å². The molecule has 1 saturated heterocycles. The molecule has 160 valence electrons. The summed E-state index contributed by atoms with van der Waals surface area (Å²) in [5, 5.41) is 0. The molecule has 1 fully saturated rings. The van der Waals surface area contributed by atoms with E-state index >= 15 is 0 Å². The van der Waals surface area contributed by atoms with E-state index in [0.29, 0.717) is 19.4 Å². The van der Waals surface area contributed by atoms with Gasteiger partial charge < -0.3 is 15.2 Å². The minimum Gasteiger partial charge on any atom is -0.489 e. The summed E-state index contributed by atoms with van der Waals surface area (Å²) in [5.41, 5.74) is 5.92. The molecule has 2 N–H and O–H groups in total. The number of rotatable bonds is 5. The fourth-order valence-corrected chi connectivity index (χ4v) is 3.74. The molecule has 3 rings (SSSR count). The zero-order valence-electron chi connectivity index (χ0n) is 18.1. The molecule has 1 heterocycles. The van der Waals surface area contributed by atoms with Crippen LogP contribution in [0.5, 0.6) is 5.75 Å². The Bertz CT molecular complexity index is 890. The van der Waals surface area contributed by atoms with Gasteiger partial charge in [-0.2, -0.15) is 0 Å². The molecule has 0 spiro atoms. The average Bonchev–Trinajstić information content (AvgIpc) is 3.05. The minimum absolute atomic E-state index is 0.291. The normalized spacial score (nSPS) is 21.3. The number of carbonyl (C=O) groups excluding carboxylic acids is 2. The Kier molecular flexibility index (Phi) is 6.06. The first kappa shape index (κ1) is 21.7. The first-order valence-corrected chi connectivity index (χ1v) is 10.2. The number of primary amides is 1. The van der Waals surface area contributed by atoms with Gasteiger partial charge in [0.1, 0.15) is 23.5 Å². The van der Waals surface area contributed by atoms with E-state index in [9.17, 15) is 9.59 Å². The van der Waals surface area contributed by atoms with Crippen molar-refractivity contribution in [1.82, 2.24) is 4.90 Å². The van der Waals surface area contributed by atoms with Crippen LogP contribution in [0, 0.1) is 0 Å². The topological polar surface area (TPSA) is 81.9 Å². The van der Waals surface area contributed by atoms with Gasteiger partial charge in [-0.25, -0.2) is 4.79 Å². The highest BCUT2D eigenvalue weighted by Crippen LogP contribution is 2.43. The standard InChI is InChI=1S/C24H30N2O4/c1-23(2,3)30-22(28)26-20(14-15-24(26,4)21(25)27)18-10-12-19(13-11-18)29-16-17-8-6-5-7-9-17/h5-13,20H,14-16H2,1-4H3,(H2,25,27)/t20-,24+/m0/s1. The summed E-state index contributed by atoms with van der Waals surface area (Å²) in [7, 11) is 0. The van der Waals surface area contributed by atoms with Crippen LogP contribution in [-0.4, -0.2) is 28.0 Å². The quantitative estimate of drug-likeness (QED) is 0.782. The third kappa shape index (κ3) is 4.75. The molecule has 0 aliphatic carbocycles. The number of ether oxygens (including phenoxy) is 2. The summed E-state index contributed by atoms with van der Waals surface area (Å²) in [4.78, 5) is 26.7. The highest BCUT2D eigenvalue weighted by Gasteiger charge is 2.51. The monoisotopic (exact) mass is 410 g/mol. The molecule has 0 unspecified atom stereocenters. The number of likely N-dealkylation sites (tertiary alicyclic amines) is 1. The van der Waals surface area contributed by atoms with Crippen LogP contribution in [0.2, 0.25) is 0 Å². The number of hydrogen-bond donors (Lipinski definition) is 1. The summed E-state index contributed by atoms with van der Waals surface area (Å²) >= 11 is 0. The molecule has 30 heavy (non-hydrogen) atoms. The maximum Gasteiger partial charge on any atom is 0.411 e. The maximum absolute atomic E-state index is 13.0. The smallest absolute Gasteiger partial charge is 0.411 e. The van der Waals surface area contributed by atoms with E-state index in [0.717, 1.165) is 16.9 Å². The van der Waals surface area contributed by atoms with Gasteiger partial charge in [0.15, 0.2) is 0 Å². The zero-order chi connectivity index (χ0) is 21.9. The Morgan fingerprint density at radius 3 is 2.30 bits per heavy atom. The van der Waals surface area contributed by atoms with Gasteiger partial charge >= 0.3 is 6.09 Å². The summed E-state index contributed by atoms with van der Waals surface area (Å²) in [5.74, 6) is 0.209. The predicted octanol–water partition coefficient (Wildman–Crippen LogP) is 4.58. The second-order valence-electron chi connectivity index (χ2n) is 8.89. The Labute approximate surface area is 178 Å². The minimum atomic E-state index is -1.09. The van der Waals surface area contributed by atoms with Gasteiger partial charge in [0.25, 0.3) is 0 Å². The second-order valence-corrected chi connectivity index (χ2v) is 8.89. The van der Waals surface area contributed by atoms with Crippen molar-refractivity contribution in [2.24, 2.45) is 5.73 Å². The SMILES string of the molecule is CC(C)(C)OC(=O)N1[C@H](c2ccc(OCc3ccccc3)cc2)CC[C@]1(C)C(N)=O. The highest BCUT2D eigenvalue weighted by atomic mass is 16.6. The molecule has 6 nitrogen and oxygen atoms in total. The molecule has 1 aliphatic heterocycles. The van der Waals surface area contributed by atoms with E-state index in [2.05, 4.69) is 0 Å². The van der Waals surface area contributed by atoms with Crippen LogP contribution in [0.3, 0.4) is 0 Å². The van der Waals surface area contributed by atoms with Crippen molar-refractivity contribution in [2.75, 3.05) is 0 Å². The van der Waals surface area contributed by atoms with Gasteiger partial charge in [-0.1, -0.05) is 42.5 Å². The van der Waals surface area contributed by atoms with Crippen molar-refractivity contribution in [3.8, 4) is 5.75 Å². The lowest BCUT2D eigenvalue weighted by Crippen LogP contribution is -2.55. The lowest BCUT2D eigenvalue weighted by molar-refractivity contribution is -0.128. The third-order valence-electron chi connectivity index (χ3n) is 5.38. The first-order valence-electron chi connectivity index (χ1n) is 10.2. The van der Waals surface area contributed by atoms with Crippen LogP contribution in [0.4, 0.5) is 4.79 Å². The first-order chi connectivity index (χ1) is 14.1. The largest absolute Gasteiger partial charge is 0.489 e. The van der Waals surface area contributed by atoms with E-state index in [4.69, 9.17) is 15.2 Å². The Morgan fingerprint density at radius 2 is 1.73 bits per heavy atom. The van der Waals surface area contributed by atoms with E-state index in [1.807, 2.05) is 54.6 Å². The Hall–Kier alpha value is -3.02. The van der Waals surface area contributed by atoms with Gasteiger partial charge in [0.05, 0.1) is 6.04 Å². The Morgan fingerprint density at radius 1 is 1.10 bits per heavy atom. The van der Waals surface area contributed by atoms with Crippen LogP contribution in [0.25, 0.3) is 0 Å². The molecule has 2 atom stereocenters.